The average molecular weight is 587 g/mol. The van der Waals surface area contributed by atoms with E-state index in [2.05, 4.69) is 13.8 Å². The Bertz CT molecular complexity index is 913. The first kappa shape index (κ1) is 35.7. The summed E-state index contributed by atoms with van der Waals surface area (Å²) in [5.74, 6) is -0.0633. The van der Waals surface area contributed by atoms with Crippen LogP contribution in [0.25, 0.3) is 0 Å². The van der Waals surface area contributed by atoms with Gasteiger partial charge in [-0.3, -0.25) is 0 Å². The number of rotatable bonds is 20. The summed E-state index contributed by atoms with van der Waals surface area (Å²) in [6, 6.07) is 19.9. The molecule has 0 N–H and O–H groups in total. The van der Waals surface area contributed by atoms with Gasteiger partial charge in [0.05, 0.1) is 12.2 Å². The number of benzene rings is 2. The highest BCUT2D eigenvalue weighted by Gasteiger charge is 2.29. The molecule has 0 heterocycles. The monoisotopic (exact) mass is 586 g/mol. The number of carbonyl (C=O) groups is 1. The fourth-order valence-corrected chi connectivity index (χ4v) is 4.56. The highest BCUT2D eigenvalue weighted by molar-refractivity contribution is 5.59. The fourth-order valence-electron chi connectivity index (χ4n) is 4.56. The number of carbonyl (C=O) groups excluding carboxylic acids is 1. The Balaban J connectivity index is 1.88. The molecule has 2 aromatic rings. The van der Waals surface area contributed by atoms with Crippen LogP contribution in [0.4, 0.5) is 4.79 Å². The Kier molecular flexibility index (Phi) is 15.5. The van der Waals surface area contributed by atoms with Gasteiger partial charge in [0, 0.05) is 11.8 Å². The second-order valence-electron chi connectivity index (χ2n) is 12.2. The highest BCUT2D eigenvalue weighted by atomic mass is 17.2. The van der Waals surface area contributed by atoms with Crippen LogP contribution in [-0.2, 0) is 40.2 Å². The largest absolute Gasteiger partial charge is 0.508 e. The van der Waals surface area contributed by atoms with E-state index in [0.717, 1.165) is 49.7 Å². The number of hydrogen-bond acceptors (Lipinski definition) is 7. The van der Waals surface area contributed by atoms with E-state index in [1.807, 2.05) is 102 Å². The van der Waals surface area contributed by atoms with Crippen molar-refractivity contribution in [2.75, 3.05) is 13.2 Å². The molecule has 0 aromatic heterocycles. The van der Waals surface area contributed by atoms with Crippen LogP contribution in [0.1, 0.15) is 105 Å². The maximum atomic E-state index is 12.7. The normalized spacial score (nSPS) is 15.0. The van der Waals surface area contributed by atoms with Crippen molar-refractivity contribution in [2.24, 2.45) is 11.8 Å². The molecule has 0 aliphatic carbocycles. The number of hydrogen-bond donors (Lipinski definition) is 0. The van der Waals surface area contributed by atoms with E-state index < -0.39 is 17.4 Å². The third-order valence-corrected chi connectivity index (χ3v) is 7.77. The van der Waals surface area contributed by atoms with Gasteiger partial charge in [-0.1, -0.05) is 100 Å². The van der Waals surface area contributed by atoms with Crippen LogP contribution in [0.15, 0.2) is 60.7 Å². The molecule has 0 bridgehead atoms. The second-order valence-corrected chi connectivity index (χ2v) is 12.2. The summed E-state index contributed by atoms with van der Waals surface area (Å²) in [6.45, 7) is 16.4. The molecule has 0 amide bonds. The zero-order valence-electron chi connectivity index (χ0n) is 27.1. The minimum atomic E-state index is -0.687. The molecular formula is C35H54O7. The molecule has 2 rings (SSSR count). The topological polar surface area (TPSA) is 72.5 Å². The molecule has 0 saturated carbocycles. The molecule has 0 radical (unpaired) electrons. The van der Waals surface area contributed by atoms with Gasteiger partial charge >= 0.3 is 6.16 Å². The van der Waals surface area contributed by atoms with Crippen LogP contribution in [0, 0.1) is 11.8 Å². The summed E-state index contributed by atoms with van der Waals surface area (Å²) in [4.78, 5) is 36.1. The van der Waals surface area contributed by atoms with E-state index in [4.69, 9.17) is 29.0 Å². The lowest BCUT2D eigenvalue weighted by Gasteiger charge is -2.30. The van der Waals surface area contributed by atoms with E-state index in [0.29, 0.717) is 0 Å². The molecule has 7 heteroatoms. The summed E-state index contributed by atoms with van der Waals surface area (Å²) in [7, 11) is 0. The predicted octanol–water partition coefficient (Wildman–Crippen LogP) is 9.30. The van der Waals surface area contributed by atoms with Gasteiger partial charge in [0.2, 0.25) is 0 Å². The van der Waals surface area contributed by atoms with Crippen molar-refractivity contribution in [1.29, 1.82) is 0 Å². The maximum Gasteiger partial charge on any atom is 0.508 e. The van der Waals surface area contributed by atoms with Crippen LogP contribution in [0.2, 0.25) is 0 Å². The second kappa shape index (κ2) is 18.3. The Labute approximate surface area is 254 Å². The molecule has 0 fully saturated rings. The summed E-state index contributed by atoms with van der Waals surface area (Å²) >= 11 is 0. The molecule has 4 unspecified atom stereocenters. The van der Waals surface area contributed by atoms with Gasteiger partial charge in [-0.15, -0.1) is 0 Å². The molecule has 0 spiro atoms. The van der Waals surface area contributed by atoms with Gasteiger partial charge < -0.3 is 9.47 Å². The maximum absolute atomic E-state index is 12.7. The van der Waals surface area contributed by atoms with Crippen LogP contribution in [-0.4, -0.2) is 31.6 Å². The first-order chi connectivity index (χ1) is 20.0. The Morgan fingerprint density at radius 3 is 1.33 bits per heavy atom. The first-order valence-electron chi connectivity index (χ1n) is 15.6. The van der Waals surface area contributed by atoms with Crippen LogP contribution in [0.3, 0.4) is 0 Å². The molecule has 42 heavy (non-hydrogen) atoms. The van der Waals surface area contributed by atoms with Crippen LogP contribution < -0.4 is 0 Å². The quantitative estimate of drug-likeness (QED) is 0.0869. The Hall–Kier alpha value is -2.45. The Morgan fingerprint density at radius 1 is 0.643 bits per heavy atom. The molecule has 0 saturated heterocycles. The summed E-state index contributed by atoms with van der Waals surface area (Å²) in [6.07, 6.45) is 4.50. The van der Waals surface area contributed by atoms with Crippen molar-refractivity contribution in [1.82, 2.24) is 0 Å². The highest BCUT2D eigenvalue weighted by Crippen LogP contribution is 2.28. The number of ether oxygens (including phenoxy) is 2. The SMILES string of the molecule is CCCCC(COC(=O)OCC(CCCC)C(C)OOC(C)(C)c1ccccc1)C(C)OOC(C)(C)c1ccccc1. The molecule has 4 atom stereocenters. The van der Waals surface area contributed by atoms with Crippen molar-refractivity contribution < 1.29 is 33.8 Å². The molecule has 236 valence electrons. The third-order valence-electron chi connectivity index (χ3n) is 7.77. The number of unbranched alkanes of at least 4 members (excludes halogenated alkanes) is 2. The van der Waals surface area contributed by atoms with Gasteiger partial charge in [0.25, 0.3) is 0 Å². The fraction of sp³-hybridized carbons (Fsp3) is 0.629. The molecular weight excluding hydrogens is 532 g/mol. The lowest BCUT2D eigenvalue weighted by atomic mass is 9.97. The van der Waals surface area contributed by atoms with Gasteiger partial charge in [0.1, 0.15) is 24.4 Å². The minimum absolute atomic E-state index is 0.0316. The van der Waals surface area contributed by atoms with E-state index in [9.17, 15) is 4.79 Å². The Morgan fingerprint density at radius 2 is 1.00 bits per heavy atom. The summed E-state index contributed by atoms with van der Waals surface area (Å²) in [5, 5.41) is 0. The van der Waals surface area contributed by atoms with Crippen LogP contribution >= 0.6 is 0 Å². The van der Waals surface area contributed by atoms with Crippen molar-refractivity contribution in [2.45, 2.75) is 117 Å². The molecule has 7 nitrogen and oxygen atoms in total. The van der Waals surface area contributed by atoms with Gasteiger partial charge in [-0.2, -0.15) is 0 Å². The average Bonchev–Trinajstić information content (AvgIpc) is 2.99. The first-order valence-corrected chi connectivity index (χ1v) is 15.6. The smallest absolute Gasteiger partial charge is 0.434 e. The van der Waals surface area contributed by atoms with Gasteiger partial charge in [0.15, 0.2) is 0 Å². The lowest BCUT2D eigenvalue weighted by Crippen LogP contribution is -2.32. The summed E-state index contributed by atoms with van der Waals surface area (Å²) in [5.41, 5.74) is 0.812. The minimum Gasteiger partial charge on any atom is -0.434 e. The molecule has 0 aliphatic heterocycles. The standard InChI is InChI=1S/C35H54O7/c1-9-11-19-29(27(3)39-41-34(5,6)31-21-15-13-16-22-31)25-37-33(36)38-26-30(20-12-10-2)28(4)40-42-35(7,8)32-23-17-14-18-24-32/h13-18,21-24,27-30H,9-12,19-20,25-26H2,1-8H3. The third kappa shape index (κ3) is 12.4. The lowest BCUT2D eigenvalue weighted by molar-refractivity contribution is -0.387. The molecule has 2 aromatic carbocycles. The van der Waals surface area contributed by atoms with E-state index in [1.165, 1.54) is 0 Å². The van der Waals surface area contributed by atoms with Gasteiger partial charge in [-0.25, -0.2) is 24.3 Å². The van der Waals surface area contributed by atoms with E-state index >= 15 is 0 Å². The van der Waals surface area contributed by atoms with Crippen molar-refractivity contribution in [3.05, 3.63) is 71.8 Å². The van der Waals surface area contributed by atoms with Crippen molar-refractivity contribution >= 4 is 6.16 Å². The van der Waals surface area contributed by atoms with Crippen LogP contribution in [0.5, 0.6) is 0 Å². The molecule has 0 aliphatic rings. The summed E-state index contributed by atoms with van der Waals surface area (Å²) < 4.78 is 11.2. The zero-order chi connectivity index (χ0) is 31.0. The predicted molar refractivity (Wildman–Crippen MR) is 166 cm³/mol. The zero-order valence-corrected chi connectivity index (χ0v) is 27.1. The van der Waals surface area contributed by atoms with Crippen molar-refractivity contribution in [3.8, 4) is 0 Å². The van der Waals surface area contributed by atoms with Crippen molar-refractivity contribution in [3.63, 3.8) is 0 Å². The van der Waals surface area contributed by atoms with E-state index in [-0.39, 0.29) is 37.3 Å². The van der Waals surface area contributed by atoms with E-state index in [1.54, 1.807) is 0 Å². The van der Waals surface area contributed by atoms with Gasteiger partial charge in [-0.05, 0) is 65.5 Å².